The Morgan fingerprint density at radius 3 is 2.78 bits per heavy atom. The van der Waals surface area contributed by atoms with Crippen LogP contribution in [0.1, 0.15) is 27.7 Å². The predicted octanol–water partition coefficient (Wildman–Crippen LogP) is 0.850. The lowest BCUT2D eigenvalue weighted by Gasteiger charge is -2.33. The molecule has 0 radical (unpaired) electrons. The lowest BCUT2D eigenvalue weighted by Crippen LogP contribution is -2.46. The second kappa shape index (κ2) is 11.6. The minimum absolute atomic E-state index is 0.205. The smallest absolute Gasteiger partial charge is 0.191 e. The first-order valence-electron chi connectivity index (χ1n) is 9.09. The Kier molecular flexibility index (Phi) is 10.2. The number of likely N-dealkylation sites (N-methyl/N-ethyl adjacent to an activating group) is 1. The Balaban J connectivity index is 2.39. The van der Waals surface area contributed by atoms with Crippen LogP contribution < -0.4 is 10.6 Å². The third-order valence-electron chi connectivity index (χ3n) is 3.97. The van der Waals surface area contributed by atoms with E-state index in [1.54, 1.807) is 0 Å². The minimum Gasteiger partial charge on any atom is -0.374 e. The zero-order chi connectivity index (χ0) is 17.1. The van der Waals surface area contributed by atoms with Crippen LogP contribution in [0.2, 0.25) is 0 Å². The normalized spacial score (nSPS) is 20.3. The number of rotatable bonds is 9. The number of ether oxygens (including phenoxy) is 1. The first-order chi connectivity index (χ1) is 11.0. The van der Waals surface area contributed by atoms with Crippen LogP contribution in [0.3, 0.4) is 0 Å². The molecule has 0 bridgehead atoms. The fourth-order valence-electron chi connectivity index (χ4n) is 2.63. The van der Waals surface area contributed by atoms with Gasteiger partial charge in [-0.05, 0) is 26.4 Å². The highest BCUT2D eigenvalue weighted by molar-refractivity contribution is 5.79. The number of hydrogen-bond donors (Lipinski definition) is 2. The Bertz CT molecular complexity index is 335. The molecule has 136 valence electrons. The number of nitrogens with one attached hydrogen (secondary N) is 2. The molecule has 0 aromatic carbocycles. The van der Waals surface area contributed by atoms with E-state index in [4.69, 9.17) is 9.73 Å². The molecule has 0 aromatic rings. The van der Waals surface area contributed by atoms with E-state index >= 15 is 0 Å². The molecule has 2 N–H and O–H groups in total. The van der Waals surface area contributed by atoms with Crippen LogP contribution in [0.4, 0.5) is 0 Å². The summed E-state index contributed by atoms with van der Waals surface area (Å²) in [7, 11) is 2.13. The summed E-state index contributed by atoms with van der Waals surface area (Å²) in [6.45, 7) is 17.4. The molecule has 1 rings (SSSR count). The number of morpholine rings is 1. The fraction of sp³-hybridized carbons (Fsp3) is 0.941. The first kappa shape index (κ1) is 20.2. The monoisotopic (exact) mass is 327 g/mol. The predicted molar refractivity (Wildman–Crippen MR) is 98.2 cm³/mol. The maximum atomic E-state index is 5.87. The molecule has 0 amide bonds. The van der Waals surface area contributed by atoms with E-state index in [0.717, 1.165) is 58.4 Å². The van der Waals surface area contributed by atoms with Crippen molar-refractivity contribution < 1.29 is 4.74 Å². The van der Waals surface area contributed by atoms with Crippen LogP contribution in [-0.4, -0.2) is 87.9 Å². The molecular weight excluding hydrogens is 290 g/mol. The summed E-state index contributed by atoms with van der Waals surface area (Å²) in [6, 6.07) is 0. The van der Waals surface area contributed by atoms with Crippen LogP contribution in [-0.2, 0) is 4.74 Å². The van der Waals surface area contributed by atoms with Gasteiger partial charge in [-0.25, -0.2) is 0 Å². The van der Waals surface area contributed by atoms with Gasteiger partial charge in [0.05, 0.1) is 19.3 Å². The Labute approximate surface area is 142 Å². The molecular formula is C17H37N5O. The van der Waals surface area contributed by atoms with Crippen molar-refractivity contribution >= 4 is 5.96 Å². The van der Waals surface area contributed by atoms with E-state index in [1.807, 2.05) is 0 Å². The Morgan fingerprint density at radius 2 is 2.13 bits per heavy atom. The molecule has 23 heavy (non-hydrogen) atoms. The van der Waals surface area contributed by atoms with Gasteiger partial charge in [0.2, 0.25) is 0 Å². The molecule has 0 aromatic heterocycles. The molecule has 1 atom stereocenters. The second-order valence-electron chi connectivity index (χ2n) is 6.69. The molecule has 0 aliphatic carbocycles. The van der Waals surface area contributed by atoms with Gasteiger partial charge in [0.25, 0.3) is 0 Å². The third kappa shape index (κ3) is 9.13. The van der Waals surface area contributed by atoms with Crippen LogP contribution in [0.25, 0.3) is 0 Å². The van der Waals surface area contributed by atoms with Crippen molar-refractivity contribution in [2.45, 2.75) is 33.8 Å². The van der Waals surface area contributed by atoms with Gasteiger partial charge in [-0.15, -0.1) is 0 Å². The van der Waals surface area contributed by atoms with Gasteiger partial charge in [0, 0.05) is 39.3 Å². The van der Waals surface area contributed by atoms with Crippen LogP contribution in [0, 0.1) is 5.92 Å². The SMILES string of the molecule is CCNC(=NCC1CN(CC(C)C)CCO1)NCCN(C)CC. The van der Waals surface area contributed by atoms with Gasteiger partial charge in [-0.3, -0.25) is 9.89 Å². The summed E-state index contributed by atoms with van der Waals surface area (Å²) in [5, 5.41) is 6.71. The number of guanidine groups is 1. The van der Waals surface area contributed by atoms with Gasteiger partial charge in [-0.1, -0.05) is 20.8 Å². The standard InChI is InChI=1S/C17H37N5O/c1-6-18-17(19-8-9-21(5)7-2)20-12-16-14-22(10-11-23-16)13-15(3)4/h15-16H,6-14H2,1-5H3,(H2,18,19,20). The minimum atomic E-state index is 0.205. The molecule has 1 aliphatic rings. The van der Waals surface area contributed by atoms with E-state index in [0.29, 0.717) is 12.5 Å². The average molecular weight is 328 g/mol. The van der Waals surface area contributed by atoms with Crippen molar-refractivity contribution in [3.05, 3.63) is 0 Å². The number of hydrogen-bond acceptors (Lipinski definition) is 4. The highest BCUT2D eigenvalue weighted by Gasteiger charge is 2.20. The second-order valence-corrected chi connectivity index (χ2v) is 6.69. The van der Waals surface area contributed by atoms with Crippen molar-refractivity contribution in [3.63, 3.8) is 0 Å². The van der Waals surface area contributed by atoms with E-state index in [9.17, 15) is 0 Å². The van der Waals surface area contributed by atoms with Crippen molar-refractivity contribution in [2.75, 3.05) is 66.0 Å². The highest BCUT2D eigenvalue weighted by atomic mass is 16.5. The molecule has 6 nitrogen and oxygen atoms in total. The van der Waals surface area contributed by atoms with Crippen molar-refractivity contribution in [2.24, 2.45) is 10.9 Å². The largest absolute Gasteiger partial charge is 0.374 e. The molecule has 1 saturated heterocycles. The molecule has 1 heterocycles. The number of aliphatic imine (C=N–C) groups is 1. The fourth-order valence-corrected chi connectivity index (χ4v) is 2.63. The van der Waals surface area contributed by atoms with Gasteiger partial charge in [0.15, 0.2) is 5.96 Å². The van der Waals surface area contributed by atoms with Crippen molar-refractivity contribution in [1.29, 1.82) is 0 Å². The summed E-state index contributed by atoms with van der Waals surface area (Å²) in [5.41, 5.74) is 0. The van der Waals surface area contributed by atoms with Crippen molar-refractivity contribution in [3.8, 4) is 0 Å². The summed E-state index contributed by atoms with van der Waals surface area (Å²) in [4.78, 5) is 9.47. The summed E-state index contributed by atoms with van der Waals surface area (Å²) in [5.74, 6) is 1.59. The summed E-state index contributed by atoms with van der Waals surface area (Å²) in [6.07, 6.45) is 0.205. The van der Waals surface area contributed by atoms with Gasteiger partial charge in [0.1, 0.15) is 0 Å². The average Bonchev–Trinajstić information content (AvgIpc) is 2.52. The topological polar surface area (TPSA) is 52.1 Å². The zero-order valence-corrected chi connectivity index (χ0v) is 15.8. The molecule has 0 saturated carbocycles. The lowest BCUT2D eigenvalue weighted by atomic mass is 10.2. The van der Waals surface area contributed by atoms with Gasteiger partial charge < -0.3 is 20.3 Å². The first-order valence-corrected chi connectivity index (χ1v) is 9.09. The number of nitrogens with zero attached hydrogens (tertiary/aromatic N) is 3. The van der Waals surface area contributed by atoms with E-state index in [1.165, 1.54) is 0 Å². The van der Waals surface area contributed by atoms with Crippen molar-refractivity contribution in [1.82, 2.24) is 20.4 Å². The van der Waals surface area contributed by atoms with Gasteiger partial charge >= 0.3 is 0 Å². The maximum absolute atomic E-state index is 5.87. The molecule has 1 fully saturated rings. The van der Waals surface area contributed by atoms with Crippen LogP contribution >= 0.6 is 0 Å². The zero-order valence-electron chi connectivity index (χ0n) is 15.8. The molecule has 0 spiro atoms. The van der Waals surface area contributed by atoms with Gasteiger partial charge in [-0.2, -0.15) is 0 Å². The summed E-state index contributed by atoms with van der Waals surface area (Å²) >= 11 is 0. The highest BCUT2D eigenvalue weighted by Crippen LogP contribution is 2.08. The molecule has 1 unspecified atom stereocenters. The third-order valence-corrected chi connectivity index (χ3v) is 3.97. The Morgan fingerprint density at radius 1 is 1.35 bits per heavy atom. The molecule has 6 heteroatoms. The quantitative estimate of drug-likeness (QED) is 0.486. The van der Waals surface area contributed by atoms with E-state index < -0.39 is 0 Å². The van der Waals surface area contributed by atoms with E-state index in [-0.39, 0.29) is 6.10 Å². The van der Waals surface area contributed by atoms with Crippen LogP contribution in [0.5, 0.6) is 0 Å². The molecule has 1 aliphatic heterocycles. The summed E-state index contributed by atoms with van der Waals surface area (Å²) < 4.78 is 5.87. The van der Waals surface area contributed by atoms with Crippen LogP contribution in [0.15, 0.2) is 4.99 Å². The lowest BCUT2D eigenvalue weighted by molar-refractivity contribution is -0.0261. The maximum Gasteiger partial charge on any atom is 0.191 e. The Hall–Kier alpha value is -0.850. The van der Waals surface area contributed by atoms with E-state index in [2.05, 4.69) is 55.2 Å².